The molecular weight excluding hydrogens is 230 g/mol. The Morgan fingerprint density at radius 2 is 1.94 bits per heavy atom. The van der Waals surface area contributed by atoms with E-state index in [4.69, 9.17) is 0 Å². The Labute approximate surface area is 107 Å². The second-order valence-electron chi connectivity index (χ2n) is 4.63. The smallest absolute Gasteiger partial charge is 0.248 e. The van der Waals surface area contributed by atoms with E-state index in [0.29, 0.717) is 5.82 Å². The third kappa shape index (κ3) is 4.16. The zero-order chi connectivity index (χ0) is 13.7. The lowest BCUT2D eigenvalue weighted by Crippen LogP contribution is -2.46. The Balaban J connectivity index is 2.72. The van der Waals surface area contributed by atoms with Gasteiger partial charge in [0.15, 0.2) is 0 Å². The lowest BCUT2D eigenvalue weighted by atomic mass is 10.0. The van der Waals surface area contributed by atoms with Crippen molar-refractivity contribution in [2.24, 2.45) is 5.92 Å². The zero-order valence-electron chi connectivity index (χ0n) is 11.2. The lowest BCUT2D eigenvalue weighted by Gasteiger charge is -2.20. The van der Waals surface area contributed by atoms with E-state index >= 15 is 0 Å². The molecule has 98 valence electrons. The molecule has 0 bridgehead atoms. The molecule has 1 heterocycles. The van der Waals surface area contributed by atoms with Gasteiger partial charge in [-0.1, -0.05) is 19.9 Å². The van der Waals surface area contributed by atoms with Crippen molar-refractivity contribution < 1.29 is 9.59 Å². The fourth-order valence-electron chi connectivity index (χ4n) is 1.50. The molecule has 0 saturated carbocycles. The van der Waals surface area contributed by atoms with E-state index < -0.39 is 6.04 Å². The van der Waals surface area contributed by atoms with Crippen molar-refractivity contribution in [3.63, 3.8) is 0 Å². The van der Waals surface area contributed by atoms with Gasteiger partial charge in [-0.15, -0.1) is 0 Å². The predicted octanol–water partition coefficient (Wildman–Crippen LogP) is 1.49. The van der Waals surface area contributed by atoms with Gasteiger partial charge in [-0.05, 0) is 24.5 Å². The van der Waals surface area contributed by atoms with Crippen molar-refractivity contribution in [3.05, 3.63) is 23.9 Å². The first-order valence-electron chi connectivity index (χ1n) is 5.90. The number of hydrogen-bond acceptors (Lipinski definition) is 3. The molecule has 0 fully saturated rings. The van der Waals surface area contributed by atoms with Crippen LogP contribution in [0.3, 0.4) is 0 Å². The average Bonchev–Trinajstić information content (AvgIpc) is 2.28. The van der Waals surface area contributed by atoms with E-state index in [1.54, 1.807) is 12.3 Å². The number of aryl methyl sites for hydroxylation is 1. The first-order valence-corrected chi connectivity index (χ1v) is 5.90. The van der Waals surface area contributed by atoms with Gasteiger partial charge < -0.3 is 10.6 Å². The Hall–Kier alpha value is -1.91. The van der Waals surface area contributed by atoms with E-state index in [1.165, 1.54) is 6.92 Å². The standard InChI is InChI=1S/C13H19N3O2/c1-8(2)12(15-10(4)17)13(18)16-11-6-5-9(3)7-14-11/h5-8,12H,1-4H3,(H,15,17)(H,14,16,18). The fraction of sp³-hybridized carbons (Fsp3) is 0.462. The highest BCUT2D eigenvalue weighted by Gasteiger charge is 2.23. The molecule has 0 spiro atoms. The summed E-state index contributed by atoms with van der Waals surface area (Å²) < 4.78 is 0. The number of aromatic nitrogens is 1. The van der Waals surface area contributed by atoms with Gasteiger partial charge in [-0.2, -0.15) is 0 Å². The summed E-state index contributed by atoms with van der Waals surface area (Å²) in [4.78, 5) is 27.2. The van der Waals surface area contributed by atoms with Crippen molar-refractivity contribution in [3.8, 4) is 0 Å². The fourth-order valence-corrected chi connectivity index (χ4v) is 1.50. The van der Waals surface area contributed by atoms with Crippen LogP contribution in [0.15, 0.2) is 18.3 Å². The second-order valence-corrected chi connectivity index (χ2v) is 4.63. The van der Waals surface area contributed by atoms with Crippen molar-refractivity contribution >= 4 is 17.6 Å². The first kappa shape index (κ1) is 14.2. The molecule has 5 heteroatoms. The van der Waals surface area contributed by atoms with Crippen LogP contribution >= 0.6 is 0 Å². The van der Waals surface area contributed by atoms with E-state index in [0.717, 1.165) is 5.56 Å². The number of nitrogens with one attached hydrogen (secondary N) is 2. The van der Waals surface area contributed by atoms with Crippen molar-refractivity contribution in [1.29, 1.82) is 0 Å². The molecule has 0 radical (unpaired) electrons. The van der Waals surface area contributed by atoms with Gasteiger partial charge in [0.1, 0.15) is 11.9 Å². The molecule has 2 amide bonds. The van der Waals surface area contributed by atoms with E-state index in [-0.39, 0.29) is 17.7 Å². The predicted molar refractivity (Wildman–Crippen MR) is 70.0 cm³/mol. The van der Waals surface area contributed by atoms with Crippen LogP contribution in [0.4, 0.5) is 5.82 Å². The van der Waals surface area contributed by atoms with Gasteiger partial charge in [0.25, 0.3) is 0 Å². The van der Waals surface area contributed by atoms with Crippen LogP contribution in [0.25, 0.3) is 0 Å². The molecule has 0 aliphatic rings. The van der Waals surface area contributed by atoms with E-state index in [1.807, 2.05) is 26.8 Å². The maximum atomic E-state index is 12.0. The monoisotopic (exact) mass is 249 g/mol. The topological polar surface area (TPSA) is 71.1 Å². The van der Waals surface area contributed by atoms with Crippen LogP contribution in [0.2, 0.25) is 0 Å². The molecule has 1 unspecified atom stereocenters. The number of carbonyl (C=O) groups is 2. The summed E-state index contributed by atoms with van der Waals surface area (Å²) in [6, 6.07) is 3.05. The Morgan fingerprint density at radius 1 is 1.28 bits per heavy atom. The van der Waals surface area contributed by atoms with Crippen molar-refractivity contribution in [2.75, 3.05) is 5.32 Å². The SMILES string of the molecule is CC(=O)NC(C(=O)Nc1ccc(C)cn1)C(C)C. The van der Waals surface area contributed by atoms with Gasteiger partial charge in [-0.25, -0.2) is 4.98 Å². The molecule has 2 N–H and O–H groups in total. The van der Waals surface area contributed by atoms with Gasteiger partial charge in [0.05, 0.1) is 0 Å². The number of amides is 2. The van der Waals surface area contributed by atoms with Gasteiger partial charge in [0.2, 0.25) is 11.8 Å². The van der Waals surface area contributed by atoms with Crippen LogP contribution in [0.5, 0.6) is 0 Å². The number of rotatable bonds is 4. The Morgan fingerprint density at radius 3 is 2.39 bits per heavy atom. The number of anilines is 1. The zero-order valence-corrected chi connectivity index (χ0v) is 11.2. The number of nitrogens with zero attached hydrogens (tertiary/aromatic N) is 1. The molecule has 1 rings (SSSR count). The summed E-state index contributed by atoms with van der Waals surface area (Å²) >= 11 is 0. The number of hydrogen-bond donors (Lipinski definition) is 2. The molecular formula is C13H19N3O2. The summed E-state index contributed by atoms with van der Waals surface area (Å²) in [5, 5.41) is 5.32. The van der Waals surface area contributed by atoms with Crippen LogP contribution < -0.4 is 10.6 Å². The molecule has 0 aliphatic heterocycles. The highest BCUT2D eigenvalue weighted by molar-refractivity contribution is 5.96. The molecule has 5 nitrogen and oxygen atoms in total. The summed E-state index contributed by atoms with van der Waals surface area (Å²) in [5.74, 6) is 0.0261. The maximum absolute atomic E-state index is 12.0. The van der Waals surface area contributed by atoms with Crippen LogP contribution in [0, 0.1) is 12.8 Å². The Bertz CT molecular complexity index is 426. The van der Waals surface area contributed by atoms with E-state index in [9.17, 15) is 9.59 Å². The van der Waals surface area contributed by atoms with Gasteiger partial charge in [-0.3, -0.25) is 9.59 Å². The summed E-state index contributed by atoms with van der Waals surface area (Å²) in [5.41, 5.74) is 1.02. The van der Waals surface area contributed by atoms with Crippen LogP contribution in [0.1, 0.15) is 26.3 Å². The molecule has 0 saturated heterocycles. The minimum Gasteiger partial charge on any atom is -0.344 e. The third-order valence-electron chi connectivity index (χ3n) is 2.47. The average molecular weight is 249 g/mol. The van der Waals surface area contributed by atoms with Crippen LogP contribution in [-0.4, -0.2) is 22.8 Å². The summed E-state index contributed by atoms with van der Waals surface area (Å²) in [6.45, 7) is 7.07. The largest absolute Gasteiger partial charge is 0.344 e. The molecule has 18 heavy (non-hydrogen) atoms. The maximum Gasteiger partial charge on any atom is 0.248 e. The second kappa shape index (κ2) is 6.14. The van der Waals surface area contributed by atoms with Gasteiger partial charge in [0, 0.05) is 13.1 Å². The van der Waals surface area contributed by atoms with E-state index in [2.05, 4.69) is 15.6 Å². The molecule has 1 aromatic rings. The number of carbonyl (C=O) groups excluding carboxylic acids is 2. The van der Waals surface area contributed by atoms with Crippen molar-refractivity contribution in [1.82, 2.24) is 10.3 Å². The molecule has 1 aromatic heterocycles. The van der Waals surface area contributed by atoms with Crippen LogP contribution in [-0.2, 0) is 9.59 Å². The molecule has 0 aromatic carbocycles. The minimum atomic E-state index is -0.550. The van der Waals surface area contributed by atoms with Gasteiger partial charge >= 0.3 is 0 Å². The lowest BCUT2D eigenvalue weighted by molar-refractivity contribution is -0.126. The highest BCUT2D eigenvalue weighted by atomic mass is 16.2. The summed E-state index contributed by atoms with van der Waals surface area (Å²) in [7, 11) is 0. The molecule has 0 aliphatic carbocycles. The quantitative estimate of drug-likeness (QED) is 0.849. The summed E-state index contributed by atoms with van der Waals surface area (Å²) in [6.07, 6.45) is 1.68. The Kier molecular flexibility index (Phi) is 4.83. The number of pyridine rings is 1. The normalized spacial score (nSPS) is 12.1. The first-order chi connectivity index (χ1) is 8.40. The third-order valence-corrected chi connectivity index (χ3v) is 2.47. The van der Waals surface area contributed by atoms with Crippen molar-refractivity contribution in [2.45, 2.75) is 33.7 Å². The molecule has 1 atom stereocenters. The highest BCUT2D eigenvalue weighted by Crippen LogP contribution is 2.08. The minimum absolute atomic E-state index is 0.0133.